The van der Waals surface area contributed by atoms with Crippen molar-refractivity contribution in [1.29, 1.82) is 0 Å². The lowest BCUT2D eigenvalue weighted by Gasteiger charge is -2.25. The van der Waals surface area contributed by atoms with Gasteiger partial charge in [-0.05, 0) is 53.7 Å². The highest BCUT2D eigenvalue weighted by Crippen LogP contribution is 2.68. The molecule has 0 aliphatic heterocycles. The maximum atomic E-state index is 6.06. The van der Waals surface area contributed by atoms with Gasteiger partial charge in [-0.15, -0.1) is 0 Å². The van der Waals surface area contributed by atoms with Gasteiger partial charge in [-0.3, -0.25) is 0 Å². The van der Waals surface area contributed by atoms with Crippen molar-refractivity contribution in [2.45, 2.75) is 33.1 Å². The van der Waals surface area contributed by atoms with Crippen molar-refractivity contribution in [3.05, 3.63) is 35.4 Å². The third-order valence-corrected chi connectivity index (χ3v) is 5.18. The van der Waals surface area contributed by atoms with Gasteiger partial charge in [-0.1, -0.05) is 38.1 Å². The maximum Gasteiger partial charge on any atom is -0.00123 e. The fraction of sp³-hybridized carbons (Fsp3) is 0.600. The third-order valence-electron chi connectivity index (χ3n) is 5.18. The molecule has 3 rings (SSSR count). The minimum absolute atomic E-state index is 0.423. The SMILES string of the molecule is CC1(C)CC1(CN)C1Cc2ccccc2C1. The molecule has 0 amide bonds. The smallest absolute Gasteiger partial charge is 0.00123 e. The molecular formula is C15H21N. The largest absolute Gasteiger partial charge is 0.330 e. The van der Waals surface area contributed by atoms with Gasteiger partial charge in [0, 0.05) is 0 Å². The highest BCUT2D eigenvalue weighted by Gasteiger charge is 2.64. The summed E-state index contributed by atoms with van der Waals surface area (Å²) in [4.78, 5) is 0. The number of hydrogen-bond acceptors (Lipinski definition) is 1. The lowest BCUT2D eigenvalue weighted by Crippen LogP contribution is -2.30. The Labute approximate surface area is 98.0 Å². The van der Waals surface area contributed by atoms with E-state index >= 15 is 0 Å². The molecule has 1 nitrogen and oxygen atoms in total. The number of nitrogens with two attached hydrogens (primary N) is 1. The average molecular weight is 215 g/mol. The molecule has 1 aromatic rings. The highest BCUT2D eigenvalue weighted by atomic mass is 14.8. The summed E-state index contributed by atoms with van der Waals surface area (Å²) in [6.07, 6.45) is 3.81. The first-order valence-corrected chi connectivity index (χ1v) is 6.36. The Bertz CT molecular complexity index is 396. The Hall–Kier alpha value is -0.820. The maximum absolute atomic E-state index is 6.06. The lowest BCUT2D eigenvalue weighted by molar-refractivity contribution is 0.259. The summed E-state index contributed by atoms with van der Waals surface area (Å²) in [5.74, 6) is 0.782. The Morgan fingerprint density at radius 3 is 2.06 bits per heavy atom. The molecule has 0 aromatic heterocycles. The van der Waals surface area contributed by atoms with E-state index in [1.807, 2.05) is 0 Å². The number of benzene rings is 1. The molecule has 0 saturated heterocycles. The molecule has 2 aliphatic rings. The van der Waals surface area contributed by atoms with Gasteiger partial charge >= 0.3 is 0 Å². The molecule has 2 N–H and O–H groups in total. The first-order valence-electron chi connectivity index (χ1n) is 6.36. The fourth-order valence-corrected chi connectivity index (χ4v) is 3.91. The summed E-state index contributed by atoms with van der Waals surface area (Å²) >= 11 is 0. The second-order valence-corrected chi connectivity index (χ2v) is 6.29. The first-order chi connectivity index (χ1) is 7.59. The van der Waals surface area contributed by atoms with Crippen LogP contribution in [0.25, 0.3) is 0 Å². The molecule has 16 heavy (non-hydrogen) atoms. The molecule has 2 aliphatic carbocycles. The molecule has 1 fully saturated rings. The van der Waals surface area contributed by atoms with Crippen molar-refractivity contribution in [2.24, 2.45) is 22.5 Å². The molecular weight excluding hydrogens is 194 g/mol. The Kier molecular flexibility index (Phi) is 2.00. The number of rotatable bonds is 2. The van der Waals surface area contributed by atoms with Gasteiger partial charge in [0.25, 0.3) is 0 Å². The summed E-state index contributed by atoms with van der Waals surface area (Å²) < 4.78 is 0. The van der Waals surface area contributed by atoms with Gasteiger partial charge in [-0.2, -0.15) is 0 Å². The number of fused-ring (bicyclic) bond motifs is 1. The van der Waals surface area contributed by atoms with Crippen molar-refractivity contribution in [3.8, 4) is 0 Å². The lowest BCUT2D eigenvalue weighted by atomic mass is 9.80. The van der Waals surface area contributed by atoms with Gasteiger partial charge in [0.15, 0.2) is 0 Å². The van der Waals surface area contributed by atoms with Crippen molar-refractivity contribution in [2.75, 3.05) is 6.54 Å². The van der Waals surface area contributed by atoms with Crippen molar-refractivity contribution < 1.29 is 0 Å². The van der Waals surface area contributed by atoms with Crippen LogP contribution in [0.5, 0.6) is 0 Å². The van der Waals surface area contributed by atoms with E-state index < -0.39 is 0 Å². The molecule has 1 unspecified atom stereocenters. The molecule has 0 radical (unpaired) electrons. The topological polar surface area (TPSA) is 26.0 Å². The molecule has 1 aromatic carbocycles. The quantitative estimate of drug-likeness (QED) is 0.806. The predicted molar refractivity (Wildman–Crippen MR) is 67.2 cm³/mol. The van der Waals surface area contributed by atoms with Gasteiger partial charge < -0.3 is 5.73 Å². The van der Waals surface area contributed by atoms with E-state index in [1.165, 1.54) is 19.3 Å². The van der Waals surface area contributed by atoms with Crippen molar-refractivity contribution in [1.82, 2.24) is 0 Å². The standard InChI is InChI=1S/C15H21N/c1-14(2)9-15(14,10-16)13-7-11-5-3-4-6-12(11)8-13/h3-6,13H,7-10,16H2,1-2H3. The molecule has 0 bridgehead atoms. The van der Waals surface area contributed by atoms with E-state index in [0.29, 0.717) is 10.8 Å². The van der Waals surface area contributed by atoms with Crippen LogP contribution >= 0.6 is 0 Å². The fourth-order valence-electron chi connectivity index (χ4n) is 3.91. The zero-order valence-electron chi connectivity index (χ0n) is 10.3. The molecule has 86 valence electrons. The number of hydrogen-bond donors (Lipinski definition) is 1. The second kappa shape index (κ2) is 3.10. The third kappa shape index (κ3) is 1.21. The van der Waals surface area contributed by atoms with Crippen LogP contribution in [0.3, 0.4) is 0 Å². The summed E-state index contributed by atoms with van der Waals surface area (Å²) in [6, 6.07) is 8.90. The van der Waals surface area contributed by atoms with Crippen LogP contribution in [0.2, 0.25) is 0 Å². The molecule has 1 saturated carbocycles. The Balaban J connectivity index is 1.87. The molecule has 1 heteroatoms. The Morgan fingerprint density at radius 1 is 1.19 bits per heavy atom. The zero-order chi connectivity index (χ0) is 11.4. The van der Waals surface area contributed by atoms with Crippen molar-refractivity contribution in [3.63, 3.8) is 0 Å². The van der Waals surface area contributed by atoms with Crippen LogP contribution in [0.1, 0.15) is 31.4 Å². The second-order valence-electron chi connectivity index (χ2n) is 6.29. The van der Waals surface area contributed by atoms with Crippen LogP contribution in [-0.2, 0) is 12.8 Å². The van der Waals surface area contributed by atoms with E-state index in [2.05, 4.69) is 38.1 Å². The summed E-state index contributed by atoms with van der Waals surface area (Å²) in [6.45, 7) is 5.62. The van der Waals surface area contributed by atoms with Gasteiger partial charge in [0.05, 0.1) is 0 Å². The molecule has 0 spiro atoms. The minimum Gasteiger partial charge on any atom is -0.330 e. The van der Waals surface area contributed by atoms with Crippen LogP contribution in [0, 0.1) is 16.7 Å². The van der Waals surface area contributed by atoms with Gasteiger partial charge in [0.1, 0.15) is 0 Å². The Morgan fingerprint density at radius 2 is 1.69 bits per heavy atom. The van der Waals surface area contributed by atoms with Crippen LogP contribution in [0.4, 0.5) is 0 Å². The molecule has 0 heterocycles. The monoisotopic (exact) mass is 215 g/mol. The van der Waals surface area contributed by atoms with Crippen LogP contribution in [0.15, 0.2) is 24.3 Å². The summed E-state index contributed by atoms with van der Waals surface area (Å²) in [5.41, 5.74) is 10.1. The van der Waals surface area contributed by atoms with Crippen molar-refractivity contribution >= 4 is 0 Å². The van der Waals surface area contributed by atoms with Gasteiger partial charge in [0.2, 0.25) is 0 Å². The van der Waals surface area contributed by atoms with E-state index in [0.717, 1.165) is 12.5 Å². The van der Waals surface area contributed by atoms with Crippen LogP contribution in [-0.4, -0.2) is 6.54 Å². The summed E-state index contributed by atoms with van der Waals surface area (Å²) in [5, 5.41) is 0. The van der Waals surface area contributed by atoms with E-state index in [9.17, 15) is 0 Å². The summed E-state index contributed by atoms with van der Waals surface area (Å²) in [7, 11) is 0. The average Bonchev–Trinajstić information content (AvgIpc) is 2.67. The normalized spacial score (nSPS) is 31.4. The van der Waals surface area contributed by atoms with Crippen LogP contribution < -0.4 is 5.73 Å². The highest BCUT2D eigenvalue weighted by molar-refractivity contribution is 5.34. The van der Waals surface area contributed by atoms with E-state index in [4.69, 9.17) is 5.73 Å². The minimum atomic E-state index is 0.423. The molecule has 1 atom stereocenters. The van der Waals surface area contributed by atoms with Gasteiger partial charge in [-0.25, -0.2) is 0 Å². The first kappa shape index (κ1) is 10.3. The predicted octanol–water partition coefficient (Wildman–Crippen LogP) is 2.78. The van der Waals surface area contributed by atoms with E-state index in [-0.39, 0.29) is 0 Å². The van der Waals surface area contributed by atoms with E-state index in [1.54, 1.807) is 11.1 Å². The zero-order valence-corrected chi connectivity index (χ0v) is 10.3.